The van der Waals surface area contributed by atoms with Crippen molar-refractivity contribution in [3.8, 4) is 0 Å². The summed E-state index contributed by atoms with van der Waals surface area (Å²) in [5, 5.41) is 3.44. The molecule has 3 rings (SSSR count). The summed E-state index contributed by atoms with van der Waals surface area (Å²) in [6.07, 6.45) is 7.87. The van der Waals surface area contributed by atoms with Crippen LogP contribution in [-0.4, -0.2) is 7.05 Å². The van der Waals surface area contributed by atoms with Crippen molar-refractivity contribution in [3.05, 3.63) is 58.5 Å². The second-order valence-corrected chi connectivity index (χ2v) is 5.61. The Bertz CT molecular complexity index is 585. The van der Waals surface area contributed by atoms with Gasteiger partial charge in [0, 0.05) is 12.0 Å². The Kier molecular flexibility index (Phi) is 3.93. The fraction of sp³-hybridized carbons (Fsp3) is 0.444. The van der Waals surface area contributed by atoms with Crippen LogP contribution in [-0.2, 0) is 19.3 Å². The molecule has 20 heavy (non-hydrogen) atoms. The van der Waals surface area contributed by atoms with Gasteiger partial charge in [0.1, 0.15) is 5.76 Å². The van der Waals surface area contributed by atoms with Crippen molar-refractivity contribution in [2.75, 3.05) is 7.05 Å². The lowest BCUT2D eigenvalue weighted by Gasteiger charge is -2.21. The van der Waals surface area contributed by atoms with E-state index in [9.17, 15) is 0 Å². The Morgan fingerprint density at radius 1 is 1.15 bits per heavy atom. The first-order valence-electron chi connectivity index (χ1n) is 7.68. The van der Waals surface area contributed by atoms with Crippen LogP contribution in [0.15, 0.2) is 34.9 Å². The Morgan fingerprint density at radius 2 is 1.95 bits per heavy atom. The number of fused-ring (bicyclic) bond motifs is 1. The number of nitrogens with one attached hydrogen (secondary N) is 1. The summed E-state index contributed by atoms with van der Waals surface area (Å²) in [5.41, 5.74) is 5.70. The molecule has 106 valence electrons. The summed E-state index contributed by atoms with van der Waals surface area (Å²) in [7, 11) is 2.02. The molecule has 0 aliphatic heterocycles. The SMILES string of the molecule is CCc1occc1C(NC)c1ccc2c(c1)CCCC2. The third-order valence-corrected chi connectivity index (χ3v) is 4.41. The molecule has 0 bridgehead atoms. The van der Waals surface area contributed by atoms with Gasteiger partial charge in [0.25, 0.3) is 0 Å². The number of rotatable bonds is 4. The summed E-state index contributed by atoms with van der Waals surface area (Å²) >= 11 is 0. The van der Waals surface area contributed by atoms with Crippen LogP contribution < -0.4 is 5.32 Å². The van der Waals surface area contributed by atoms with E-state index in [1.807, 2.05) is 7.05 Å². The summed E-state index contributed by atoms with van der Waals surface area (Å²) in [4.78, 5) is 0. The van der Waals surface area contributed by atoms with Crippen LogP contribution in [0.1, 0.15) is 53.8 Å². The molecule has 1 atom stereocenters. The van der Waals surface area contributed by atoms with Crippen molar-refractivity contribution in [3.63, 3.8) is 0 Å². The molecule has 0 radical (unpaired) electrons. The maximum absolute atomic E-state index is 5.59. The van der Waals surface area contributed by atoms with E-state index in [0.29, 0.717) is 0 Å². The molecule has 0 spiro atoms. The van der Waals surface area contributed by atoms with Gasteiger partial charge in [-0.05, 0) is 55.5 Å². The molecule has 1 aromatic heterocycles. The number of furan rings is 1. The van der Waals surface area contributed by atoms with Gasteiger partial charge in [-0.15, -0.1) is 0 Å². The molecule has 0 amide bonds. The van der Waals surface area contributed by atoms with Crippen molar-refractivity contribution in [2.45, 2.75) is 45.1 Å². The predicted octanol–water partition coefficient (Wildman–Crippen LogP) is 4.03. The van der Waals surface area contributed by atoms with Gasteiger partial charge in [0.2, 0.25) is 0 Å². The first-order chi connectivity index (χ1) is 9.83. The average molecular weight is 269 g/mol. The lowest BCUT2D eigenvalue weighted by molar-refractivity contribution is 0.504. The van der Waals surface area contributed by atoms with Crippen LogP contribution in [0, 0.1) is 0 Å². The van der Waals surface area contributed by atoms with Gasteiger partial charge in [-0.1, -0.05) is 25.1 Å². The van der Waals surface area contributed by atoms with Crippen LogP contribution in [0.25, 0.3) is 0 Å². The minimum atomic E-state index is 0.232. The van der Waals surface area contributed by atoms with Gasteiger partial charge in [0.15, 0.2) is 0 Å². The maximum Gasteiger partial charge on any atom is 0.108 e. The Balaban J connectivity index is 1.97. The first-order valence-corrected chi connectivity index (χ1v) is 7.68. The van der Waals surface area contributed by atoms with E-state index in [4.69, 9.17) is 4.42 Å². The lowest BCUT2D eigenvalue weighted by Crippen LogP contribution is -2.19. The van der Waals surface area contributed by atoms with E-state index in [1.165, 1.54) is 47.9 Å². The highest BCUT2D eigenvalue weighted by molar-refractivity contribution is 5.40. The highest BCUT2D eigenvalue weighted by Gasteiger charge is 2.19. The molecule has 2 heteroatoms. The monoisotopic (exact) mass is 269 g/mol. The lowest BCUT2D eigenvalue weighted by atomic mass is 9.88. The molecule has 1 N–H and O–H groups in total. The van der Waals surface area contributed by atoms with E-state index < -0.39 is 0 Å². The highest BCUT2D eigenvalue weighted by atomic mass is 16.3. The molecule has 0 saturated heterocycles. The van der Waals surface area contributed by atoms with Gasteiger partial charge >= 0.3 is 0 Å². The van der Waals surface area contributed by atoms with Crippen LogP contribution in [0.4, 0.5) is 0 Å². The molecule has 1 aliphatic carbocycles. The van der Waals surface area contributed by atoms with Gasteiger partial charge in [-0.25, -0.2) is 0 Å². The van der Waals surface area contributed by atoms with Crippen LogP contribution in [0.3, 0.4) is 0 Å². The number of hydrogen-bond donors (Lipinski definition) is 1. The smallest absolute Gasteiger partial charge is 0.108 e. The maximum atomic E-state index is 5.59. The quantitative estimate of drug-likeness (QED) is 0.906. The molecule has 2 nitrogen and oxygen atoms in total. The summed E-state index contributed by atoms with van der Waals surface area (Å²) in [6.45, 7) is 2.14. The van der Waals surface area contributed by atoms with Gasteiger partial charge in [-0.3, -0.25) is 0 Å². The second-order valence-electron chi connectivity index (χ2n) is 5.61. The minimum absolute atomic E-state index is 0.232. The van der Waals surface area contributed by atoms with Crippen LogP contribution in [0.5, 0.6) is 0 Å². The normalized spacial score (nSPS) is 15.9. The molecule has 0 saturated carbocycles. The predicted molar refractivity (Wildman–Crippen MR) is 82.1 cm³/mol. The second kappa shape index (κ2) is 5.84. The van der Waals surface area contributed by atoms with Gasteiger partial charge in [0.05, 0.1) is 12.3 Å². The molecular weight excluding hydrogens is 246 g/mol. The topological polar surface area (TPSA) is 25.2 Å². The van der Waals surface area contributed by atoms with Gasteiger partial charge < -0.3 is 9.73 Å². The standard InChI is InChI=1S/C18H23NO/c1-3-17-16(10-11-20-17)18(19-2)15-9-8-13-6-4-5-7-14(13)12-15/h8-12,18-19H,3-7H2,1-2H3. The van der Waals surface area contributed by atoms with E-state index in [2.05, 4.69) is 36.5 Å². The fourth-order valence-corrected chi connectivity index (χ4v) is 3.33. The number of aryl methyl sites for hydroxylation is 3. The van der Waals surface area contributed by atoms with Crippen molar-refractivity contribution in [1.82, 2.24) is 5.32 Å². The van der Waals surface area contributed by atoms with E-state index >= 15 is 0 Å². The summed E-state index contributed by atoms with van der Waals surface area (Å²) in [6, 6.07) is 9.31. The molecule has 0 fully saturated rings. The van der Waals surface area contributed by atoms with E-state index in [-0.39, 0.29) is 6.04 Å². The average Bonchev–Trinajstić information content (AvgIpc) is 2.96. The summed E-state index contributed by atoms with van der Waals surface area (Å²) in [5.74, 6) is 1.09. The van der Waals surface area contributed by atoms with Crippen molar-refractivity contribution < 1.29 is 4.42 Å². The zero-order valence-electron chi connectivity index (χ0n) is 12.4. The zero-order chi connectivity index (χ0) is 13.9. The first kappa shape index (κ1) is 13.4. The van der Waals surface area contributed by atoms with Crippen molar-refractivity contribution >= 4 is 0 Å². The van der Waals surface area contributed by atoms with Crippen LogP contribution in [0.2, 0.25) is 0 Å². The third-order valence-electron chi connectivity index (χ3n) is 4.41. The molecule has 1 heterocycles. The van der Waals surface area contributed by atoms with Crippen LogP contribution >= 0.6 is 0 Å². The Labute approximate surface area is 121 Å². The highest BCUT2D eigenvalue weighted by Crippen LogP contribution is 2.30. The Hall–Kier alpha value is -1.54. The number of benzene rings is 1. The zero-order valence-corrected chi connectivity index (χ0v) is 12.4. The van der Waals surface area contributed by atoms with E-state index in [1.54, 1.807) is 6.26 Å². The Morgan fingerprint density at radius 3 is 2.70 bits per heavy atom. The third kappa shape index (κ3) is 2.40. The molecule has 1 aliphatic rings. The fourth-order valence-electron chi connectivity index (χ4n) is 3.33. The van der Waals surface area contributed by atoms with Gasteiger partial charge in [-0.2, -0.15) is 0 Å². The van der Waals surface area contributed by atoms with Crippen molar-refractivity contribution in [2.24, 2.45) is 0 Å². The van der Waals surface area contributed by atoms with Crippen molar-refractivity contribution in [1.29, 1.82) is 0 Å². The number of hydrogen-bond acceptors (Lipinski definition) is 2. The largest absolute Gasteiger partial charge is 0.469 e. The molecular formula is C18H23NO. The minimum Gasteiger partial charge on any atom is -0.469 e. The molecule has 2 aromatic rings. The molecule has 1 unspecified atom stereocenters. The van der Waals surface area contributed by atoms with E-state index in [0.717, 1.165) is 12.2 Å². The molecule has 1 aromatic carbocycles. The summed E-state index contributed by atoms with van der Waals surface area (Å²) < 4.78 is 5.59.